The number of para-hydroxylation sites is 4. The molecule has 30 heavy (non-hydrogen) atoms. The summed E-state index contributed by atoms with van der Waals surface area (Å²) in [4.78, 5) is 5.11. The molecule has 154 valence electrons. The summed E-state index contributed by atoms with van der Waals surface area (Å²) in [7, 11) is 0. The molecule has 0 amide bonds. The standard InChI is InChI=1S/C26H29N3O/c27-23-11-3-1-8-20(23)15-17-28-16-7-10-22(28)18-29-24-12-4-2-9-21(24)19-30-26-14-6-5-13-25(26)29/h1-6,8-9,11-14,22H,7,10,15-19,27H2. The second-order valence-corrected chi connectivity index (χ2v) is 8.28. The Bertz CT molecular complexity index is 971. The van der Waals surface area contributed by atoms with Gasteiger partial charge in [-0.25, -0.2) is 0 Å². The molecule has 0 aliphatic carbocycles. The van der Waals surface area contributed by atoms with Crippen LogP contribution in [0.1, 0.15) is 24.0 Å². The summed E-state index contributed by atoms with van der Waals surface area (Å²) in [5, 5.41) is 0. The van der Waals surface area contributed by atoms with Crippen LogP contribution in [-0.2, 0) is 13.0 Å². The number of ether oxygens (including phenoxy) is 1. The van der Waals surface area contributed by atoms with E-state index in [1.54, 1.807) is 0 Å². The normalized spacial score (nSPS) is 18.4. The lowest BCUT2D eigenvalue weighted by Gasteiger charge is -2.32. The summed E-state index contributed by atoms with van der Waals surface area (Å²) >= 11 is 0. The van der Waals surface area contributed by atoms with Crippen LogP contribution in [0.15, 0.2) is 72.8 Å². The van der Waals surface area contributed by atoms with Crippen molar-refractivity contribution < 1.29 is 4.74 Å². The van der Waals surface area contributed by atoms with Crippen molar-refractivity contribution in [2.75, 3.05) is 30.3 Å². The van der Waals surface area contributed by atoms with E-state index in [-0.39, 0.29) is 0 Å². The fourth-order valence-corrected chi connectivity index (χ4v) is 4.81. The average molecular weight is 400 g/mol. The highest BCUT2D eigenvalue weighted by molar-refractivity contribution is 5.72. The van der Waals surface area contributed by atoms with Gasteiger partial charge in [0.05, 0.1) is 5.69 Å². The number of rotatable bonds is 5. The maximum Gasteiger partial charge on any atom is 0.143 e. The monoisotopic (exact) mass is 399 g/mol. The van der Waals surface area contributed by atoms with Gasteiger partial charge in [-0.3, -0.25) is 4.90 Å². The second kappa shape index (κ2) is 8.41. The smallest absolute Gasteiger partial charge is 0.143 e. The van der Waals surface area contributed by atoms with Gasteiger partial charge < -0.3 is 15.4 Å². The Morgan fingerprint density at radius 2 is 1.67 bits per heavy atom. The minimum absolute atomic E-state index is 0.522. The molecule has 2 heterocycles. The van der Waals surface area contributed by atoms with E-state index in [1.807, 2.05) is 12.1 Å². The van der Waals surface area contributed by atoms with Crippen molar-refractivity contribution in [1.29, 1.82) is 0 Å². The van der Waals surface area contributed by atoms with E-state index in [0.717, 1.165) is 37.5 Å². The number of fused-ring (bicyclic) bond motifs is 2. The number of nitrogens with zero attached hydrogens (tertiary/aromatic N) is 2. The molecule has 5 rings (SSSR count). The minimum Gasteiger partial charge on any atom is -0.487 e. The first-order valence-electron chi connectivity index (χ1n) is 10.9. The lowest BCUT2D eigenvalue weighted by Crippen LogP contribution is -2.39. The SMILES string of the molecule is Nc1ccccc1CCN1CCCC1CN1c2ccccc2COc2ccccc21. The molecule has 0 aromatic heterocycles. The van der Waals surface area contributed by atoms with Crippen molar-refractivity contribution in [3.8, 4) is 5.75 Å². The Kier molecular flexibility index (Phi) is 5.33. The molecular formula is C26H29N3O. The highest BCUT2D eigenvalue weighted by Gasteiger charge is 2.29. The van der Waals surface area contributed by atoms with E-state index < -0.39 is 0 Å². The van der Waals surface area contributed by atoms with E-state index in [1.165, 1.54) is 35.3 Å². The van der Waals surface area contributed by atoms with Crippen LogP contribution in [0, 0.1) is 0 Å². The van der Waals surface area contributed by atoms with Crippen molar-refractivity contribution in [2.45, 2.75) is 31.9 Å². The van der Waals surface area contributed by atoms with Crippen LogP contribution in [0.3, 0.4) is 0 Å². The third-order valence-electron chi connectivity index (χ3n) is 6.44. The van der Waals surface area contributed by atoms with Crippen LogP contribution < -0.4 is 15.4 Å². The molecule has 2 N–H and O–H groups in total. The number of nitrogen functional groups attached to an aromatic ring is 1. The molecule has 0 saturated carbocycles. The first-order chi connectivity index (χ1) is 14.8. The van der Waals surface area contributed by atoms with Gasteiger partial charge in [0.25, 0.3) is 0 Å². The maximum absolute atomic E-state index is 6.17. The molecule has 1 atom stereocenters. The Morgan fingerprint density at radius 3 is 2.57 bits per heavy atom. The third-order valence-corrected chi connectivity index (χ3v) is 6.44. The predicted molar refractivity (Wildman–Crippen MR) is 123 cm³/mol. The zero-order valence-electron chi connectivity index (χ0n) is 17.3. The van der Waals surface area contributed by atoms with E-state index in [9.17, 15) is 0 Å². The van der Waals surface area contributed by atoms with Crippen molar-refractivity contribution >= 4 is 17.1 Å². The number of hydrogen-bond acceptors (Lipinski definition) is 4. The molecule has 1 saturated heterocycles. The van der Waals surface area contributed by atoms with Gasteiger partial charge in [-0.15, -0.1) is 0 Å². The molecule has 0 bridgehead atoms. The number of nitrogens with two attached hydrogens (primary N) is 1. The molecular weight excluding hydrogens is 370 g/mol. The van der Waals surface area contributed by atoms with E-state index in [4.69, 9.17) is 10.5 Å². The van der Waals surface area contributed by atoms with Gasteiger partial charge in [-0.1, -0.05) is 48.5 Å². The molecule has 1 unspecified atom stereocenters. The first-order valence-corrected chi connectivity index (χ1v) is 10.9. The highest BCUT2D eigenvalue weighted by atomic mass is 16.5. The van der Waals surface area contributed by atoms with Crippen LogP contribution in [0.4, 0.5) is 17.1 Å². The van der Waals surface area contributed by atoms with E-state index in [2.05, 4.69) is 70.5 Å². The van der Waals surface area contributed by atoms with Crippen LogP contribution in [-0.4, -0.2) is 30.6 Å². The maximum atomic E-state index is 6.17. The predicted octanol–water partition coefficient (Wildman–Crippen LogP) is 5.01. The molecule has 2 aliphatic rings. The third kappa shape index (κ3) is 3.75. The lowest BCUT2D eigenvalue weighted by molar-refractivity contribution is 0.261. The zero-order valence-corrected chi connectivity index (χ0v) is 17.3. The van der Waals surface area contributed by atoms with Gasteiger partial charge in [-0.05, 0) is 55.6 Å². The summed E-state index contributed by atoms with van der Waals surface area (Å²) in [5.74, 6) is 0.968. The average Bonchev–Trinajstić information content (AvgIpc) is 3.16. The Morgan fingerprint density at radius 1 is 0.900 bits per heavy atom. The molecule has 3 aromatic carbocycles. The van der Waals surface area contributed by atoms with Gasteiger partial charge in [0.2, 0.25) is 0 Å². The molecule has 2 aliphatic heterocycles. The Hall–Kier alpha value is -2.98. The molecule has 0 radical (unpaired) electrons. The quantitative estimate of drug-likeness (QED) is 0.613. The van der Waals surface area contributed by atoms with Gasteiger partial charge in [0.1, 0.15) is 12.4 Å². The first kappa shape index (κ1) is 19.0. The number of hydrogen-bond donors (Lipinski definition) is 1. The molecule has 3 aromatic rings. The fraction of sp³-hybridized carbons (Fsp3) is 0.308. The van der Waals surface area contributed by atoms with Crippen LogP contribution in [0.25, 0.3) is 0 Å². The van der Waals surface area contributed by atoms with Crippen LogP contribution >= 0.6 is 0 Å². The second-order valence-electron chi connectivity index (χ2n) is 8.28. The van der Waals surface area contributed by atoms with Crippen molar-refractivity contribution in [2.24, 2.45) is 0 Å². The largest absolute Gasteiger partial charge is 0.487 e. The molecule has 4 heteroatoms. The van der Waals surface area contributed by atoms with Gasteiger partial charge in [0.15, 0.2) is 0 Å². The number of anilines is 3. The molecule has 0 spiro atoms. The Labute approximate surface area is 178 Å². The van der Waals surface area contributed by atoms with Crippen LogP contribution in [0.2, 0.25) is 0 Å². The number of benzene rings is 3. The Balaban J connectivity index is 1.38. The summed E-state index contributed by atoms with van der Waals surface area (Å²) in [5.41, 5.74) is 12.0. The summed E-state index contributed by atoms with van der Waals surface area (Å²) in [6.45, 7) is 3.80. The van der Waals surface area contributed by atoms with Gasteiger partial charge in [0, 0.05) is 36.1 Å². The van der Waals surface area contributed by atoms with Crippen molar-refractivity contribution in [1.82, 2.24) is 4.90 Å². The summed E-state index contributed by atoms with van der Waals surface area (Å²) < 4.78 is 6.15. The van der Waals surface area contributed by atoms with Gasteiger partial charge in [-0.2, -0.15) is 0 Å². The zero-order chi connectivity index (χ0) is 20.3. The molecule has 1 fully saturated rings. The van der Waals surface area contributed by atoms with Crippen LogP contribution in [0.5, 0.6) is 5.75 Å². The van der Waals surface area contributed by atoms with E-state index >= 15 is 0 Å². The van der Waals surface area contributed by atoms with Crippen molar-refractivity contribution in [3.05, 3.63) is 83.9 Å². The topological polar surface area (TPSA) is 41.7 Å². The molecule has 4 nitrogen and oxygen atoms in total. The summed E-state index contributed by atoms with van der Waals surface area (Å²) in [6.07, 6.45) is 3.48. The fourth-order valence-electron chi connectivity index (χ4n) is 4.81. The number of likely N-dealkylation sites (tertiary alicyclic amines) is 1. The highest BCUT2D eigenvalue weighted by Crippen LogP contribution is 2.40. The lowest BCUT2D eigenvalue weighted by atomic mass is 10.1. The summed E-state index contributed by atoms with van der Waals surface area (Å²) in [6, 6.07) is 25.8. The van der Waals surface area contributed by atoms with E-state index in [0.29, 0.717) is 12.6 Å². The van der Waals surface area contributed by atoms with Crippen molar-refractivity contribution in [3.63, 3.8) is 0 Å². The minimum atomic E-state index is 0.522. The van der Waals surface area contributed by atoms with Gasteiger partial charge >= 0.3 is 0 Å².